The molecule has 16 heavy (non-hydrogen) atoms. The number of ether oxygens (including phenoxy) is 1. The van der Waals surface area contributed by atoms with E-state index in [1.165, 1.54) is 6.08 Å². The number of halogens is 1. The van der Waals surface area contributed by atoms with Crippen LogP contribution in [0.3, 0.4) is 0 Å². The first kappa shape index (κ1) is 12.5. The van der Waals surface area contributed by atoms with E-state index in [1.54, 1.807) is 13.0 Å². The van der Waals surface area contributed by atoms with Gasteiger partial charge in [0.15, 0.2) is 6.10 Å². The van der Waals surface area contributed by atoms with E-state index in [4.69, 9.17) is 11.2 Å². The van der Waals surface area contributed by atoms with Crippen LogP contribution in [-0.2, 0) is 4.79 Å². The van der Waals surface area contributed by atoms with Gasteiger partial charge >= 0.3 is 0 Å². The van der Waals surface area contributed by atoms with Crippen LogP contribution >= 0.6 is 15.9 Å². The fourth-order valence-corrected chi connectivity index (χ4v) is 1.46. The van der Waals surface area contributed by atoms with Gasteiger partial charge in [-0.2, -0.15) is 0 Å². The Labute approximate surface area is 103 Å². The minimum Gasteiger partial charge on any atom is -0.477 e. The standard InChI is InChI=1S/C13H11BrO2/c1-3-10(2)16-13-9-12(14)7-6-11(13)5-4-8-15/h1,4-10H,2H3/b5-4+. The highest BCUT2D eigenvalue weighted by molar-refractivity contribution is 9.10. The first-order valence-electron chi connectivity index (χ1n) is 4.71. The van der Waals surface area contributed by atoms with Crippen LogP contribution < -0.4 is 4.74 Å². The van der Waals surface area contributed by atoms with Crippen LogP contribution in [0, 0.1) is 12.3 Å². The Morgan fingerprint density at radius 3 is 2.94 bits per heavy atom. The van der Waals surface area contributed by atoms with Gasteiger partial charge in [0.25, 0.3) is 0 Å². The monoisotopic (exact) mass is 278 g/mol. The Balaban J connectivity index is 3.03. The van der Waals surface area contributed by atoms with Crippen molar-refractivity contribution in [1.82, 2.24) is 0 Å². The fraction of sp³-hybridized carbons (Fsp3) is 0.154. The number of allylic oxidation sites excluding steroid dienone is 1. The third-order valence-electron chi connectivity index (χ3n) is 1.87. The van der Waals surface area contributed by atoms with E-state index in [2.05, 4.69) is 21.9 Å². The van der Waals surface area contributed by atoms with Crippen molar-refractivity contribution in [3.8, 4) is 18.1 Å². The number of carbonyl (C=O) groups is 1. The second-order valence-corrected chi connectivity index (χ2v) is 4.02. The van der Waals surface area contributed by atoms with Crippen LogP contribution in [0.2, 0.25) is 0 Å². The summed E-state index contributed by atoms with van der Waals surface area (Å²) in [5, 5.41) is 0. The van der Waals surface area contributed by atoms with E-state index < -0.39 is 0 Å². The summed E-state index contributed by atoms with van der Waals surface area (Å²) in [5.74, 6) is 3.14. The molecule has 0 fully saturated rings. The van der Waals surface area contributed by atoms with Gasteiger partial charge in [-0.1, -0.05) is 27.9 Å². The molecule has 2 nitrogen and oxygen atoms in total. The summed E-state index contributed by atoms with van der Waals surface area (Å²) >= 11 is 3.35. The molecule has 1 aromatic rings. The zero-order valence-electron chi connectivity index (χ0n) is 8.81. The zero-order chi connectivity index (χ0) is 12.0. The third-order valence-corrected chi connectivity index (χ3v) is 2.36. The molecule has 0 saturated heterocycles. The molecule has 1 unspecified atom stereocenters. The first-order chi connectivity index (χ1) is 7.67. The molecule has 0 aliphatic carbocycles. The van der Waals surface area contributed by atoms with E-state index in [1.807, 2.05) is 18.2 Å². The van der Waals surface area contributed by atoms with Gasteiger partial charge in [0.1, 0.15) is 12.0 Å². The Bertz CT molecular complexity index is 444. The number of benzene rings is 1. The number of aldehydes is 1. The van der Waals surface area contributed by atoms with Crippen molar-refractivity contribution in [2.45, 2.75) is 13.0 Å². The van der Waals surface area contributed by atoms with E-state index in [0.717, 1.165) is 16.3 Å². The van der Waals surface area contributed by atoms with E-state index in [9.17, 15) is 4.79 Å². The molecule has 1 atom stereocenters. The van der Waals surface area contributed by atoms with Crippen LogP contribution in [0.5, 0.6) is 5.75 Å². The average Bonchev–Trinajstić information content (AvgIpc) is 2.28. The fourth-order valence-electron chi connectivity index (χ4n) is 1.12. The van der Waals surface area contributed by atoms with Crippen LogP contribution in [0.25, 0.3) is 6.08 Å². The van der Waals surface area contributed by atoms with Gasteiger partial charge in [0, 0.05) is 10.0 Å². The molecule has 82 valence electrons. The number of terminal acetylenes is 1. The van der Waals surface area contributed by atoms with Crippen LogP contribution in [0.15, 0.2) is 28.7 Å². The second-order valence-electron chi connectivity index (χ2n) is 3.10. The normalized spacial score (nSPS) is 12.1. The van der Waals surface area contributed by atoms with Crippen molar-refractivity contribution < 1.29 is 9.53 Å². The lowest BCUT2D eigenvalue weighted by Crippen LogP contribution is -2.08. The highest BCUT2D eigenvalue weighted by Crippen LogP contribution is 2.25. The minimum absolute atomic E-state index is 0.308. The smallest absolute Gasteiger partial charge is 0.156 e. The largest absolute Gasteiger partial charge is 0.477 e. The topological polar surface area (TPSA) is 26.3 Å². The quantitative estimate of drug-likeness (QED) is 0.481. The maximum absolute atomic E-state index is 10.3. The predicted molar refractivity (Wildman–Crippen MR) is 68.2 cm³/mol. The SMILES string of the molecule is C#CC(C)Oc1cc(Br)ccc1/C=C/C=O. The molecule has 0 aromatic heterocycles. The van der Waals surface area contributed by atoms with Crippen LogP contribution in [-0.4, -0.2) is 12.4 Å². The van der Waals surface area contributed by atoms with Gasteiger partial charge in [0.2, 0.25) is 0 Å². The predicted octanol–water partition coefficient (Wildman–Crippen LogP) is 3.06. The summed E-state index contributed by atoms with van der Waals surface area (Å²) in [7, 11) is 0. The summed E-state index contributed by atoms with van der Waals surface area (Å²) in [6.07, 6.45) is 8.75. The zero-order valence-corrected chi connectivity index (χ0v) is 10.4. The summed E-state index contributed by atoms with van der Waals surface area (Å²) in [4.78, 5) is 10.3. The molecule has 0 radical (unpaired) electrons. The molecule has 1 rings (SSSR count). The number of hydrogen-bond acceptors (Lipinski definition) is 2. The van der Waals surface area contributed by atoms with E-state index in [-0.39, 0.29) is 6.10 Å². The van der Waals surface area contributed by atoms with Crippen molar-refractivity contribution in [3.05, 3.63) is 34.3 Å². The molecular weight excluding hydrogens is 268 g/mol. The lowest BCUT2D eigenvalue weighted by atomic mass is 10.2. The molecule has 0 saturated carbocycles. The van der Waals surface area contributed by atoms with E-state index >= 15 is 0 Å². The Morgan fingerprint density at radius 1 is 1.56 bits per heavy atom. The van der Waals surface area contributed by atoms with Gasteiger partial charge in [-0.3, -0.25) is 4.79 Å². The van der Waals surface area contributed by atoms with Gasteiger partial charge in [0.05, 0.1) is 0 Å². The molecule has 0 amide bonds. The number of rotatable bonds is 4. The summed E-state index contributed by atoms with van der Waals surface area (Å²) in [6, 6.07) is 5.54. The highest BCUT2D eigenvalue weighted by atomic mass is 79.9. The Kier molecular flexibility index (Phi) is 4.81. The van der Waals surface area contributed by atoms with Gasteiger partial charge in [-0.05, 0) is 31.2 Å². The third kappa shape index (κ3) is 3.56. The summed E-state index contributed by atoms with van der Waals surface area (Å²) in [6.45, 7) is 1.79. The van der Waals surface area contributed by atoms with E-state index in [0.29, 0.717) is 5.75 Å². The maximum Gasteiger partial charge on any atom is 0.156 e. The van der Waals surface area contributed by atoms with Crippen molar-refractivity contribution in [3.63, 3.8) is 0 Å². The minimum atomic E-state index is -0.308. The number of carbonyl (C=O) groups excluding carboxylic acids is 1. The summed E-state index contributed by atoms with van der Waals surface area (Å²) in [5.41, 5.74) is 0.817. The lowest BCUT2D eigenvalue weighted by molar-refractivity contribution is -0.104. The highest BCUT2D eigenvalue weighted by Gasteiger charge is 2.05. The molecular formula is C13H11BrO2. The Hall–Kier alpha value is -1.53. The van der Waals surface area contributed by atoms with Crippen molar-refractivity contribution >= 4 is 28.3 Å². The molecule has 0 N–H and O–H groups in total. The average molecular weight is 279 g/mol. The van der Waals surface area contributed by atoms with Gasteiger partial charge < -0.3 is 4.74 Å². The van der Waals surface area contributed by atoms with Crippen LogP contribution in [0.4, 0.5) is 0 Å². The second kappa shape index (κ2) is 6.14. The molecule has 0 spiro atoms. The number of hydrogen-bond donors (Lipinski definition) is 0. The maximum atomic E-state index is 10.3. The van der Waals surface area contributed by atoms with Gasteiger partial charge in [-0.15, -0.1) is 6.42 Å². The molecule has 0 heterocycles. The summed E-state index contributed by atoms with van der Waals surface area (Å²) < 4.78 is 6.44. The first-order valence-corrected chi connectivity index (χ1v) is 5.51. The van der Waals surface area contributed by atoms with Crippen molar-refractivity contribution in [2.24, 2.45) is 0 Å². The Morgan fingerprint density at radius 2 is 2.31 bits per heavy atom. The molecule has 0 bridgehead atoms. The van der Waals surface area contributed by atoms with Gasteiger partial charge in [-0.25, -0.2) is 0 Å². The lowest BCUT2D eigenvalue weighted by Gasteiger charge is -2.12. The van der Waals surface area contributed by atoms with Crippen molar-refractivity contribution in [1.29, 1.82) is 0 Å². The molecule has 1 aromatic carbocycles. The molecule has 0 aliphatic heterocycles. The molecule has 3 heteroatoms. The van der Waals surface area contributed by atoms with Crippen molar-refractivity contribution in [2.75, 3.05) is 0 Å². The molecule has 0 aliphatic rings. The van der Waals surface area contributed by atoms with Crippen LogP contribution in [0.1, 0.15) is 12.5 Å².